The number of rotatable bonds is 2. The Morgan fingerprint density at radius 3 is 3.00 bits per heavy atom. The molecule has 0 bridgehead atoms. The van der Waals surface area contributed by atoms with Crippen LogP contribution in [0.3, 0.4) is 0 Å². The molecule has 1 N–H and O–H groups in total. The van der Waals surface area contributed by atoms with Gasteiger partial charge >= 0.3 is 0 Å². The van der Waals surface area contributed by atoms with Crippen molar-refractivity contribution in [2.45, 2.75) is 16.4 Å². The van der Waals surface area contributed by atoms with Crippen molar-refractivity contribution in [1.29, 1.82) is 0 Å². The van der Waals surface area contributed by atoms with Gasteiger partial charge in [0.05, 0.1) is 6.20 Å². The summed E-state index contributed by atoms with van der Waals surface area (Å²) in [5, 5.41) is 7.40. The molecule has 0 unspecified atom stereocenters. The smallest absolute Gasteiger partial charge is 0.215 e. The fourth-order valence-electron chi connectivity index (χ4n) is 0.733. The van der Waals surface area contributed by atoms with Gasteiger partial charge in [-0.1, -0.05) is 22.9 Å². The van der Waals surface area contributed by atoms with Gasteiger partial charge in [-0.2, -0.15) is 0 Å². The van der Waals surface area contributed by atoms with Crippen molar-refractivity contribution in [3.63, 3.8) is 0 Å². The maximum atomic E-state index is 5.73. The van der Waals surface area contributed by atoms with Crippen molar-refractivity contribution in [2.24, 2.45) is 0 Å². The second-order valence-corrected chi connectivity index (χ2v) is 5.11. The first-order valence-corrected chi connectivity index (χ1v) is 5.43. The Balaban J connectivity index is 2.14. The molecule has 4 nitrogen and oxygen atoms in total. The molecule has 0 fully saturated rings. The van der Waals surface area contributed by atoms with E-state index in [1.54, 1.807) is 6.20 Å². The highest BCUT2D eigenvalue weighted by molar-refractivity contribution is 8.00. The SMILES string of the molecule is Cc1nc(Sc2ncc(Cl)s2)n[nH]1. The zero-order chi connectivity index (χ0) is 9.26. The molecule has 0 amide bonds. The summed E-state index contributed by atoms with van der Waals surface area (Å²) in [6.07, 6.45) is 1.62. The molecule has 0 aliphatic rings. The first-order valence-electron chi connectivity index (χ1n) is 3.42. The molecule has 13 heavy (non-hydrogen) atoms. The number of thiazole rings is 1. The van der Waals surface area contributed by atoms with E-state index < -0.39 is 0 Å². The van der Waals surface area contributed by atoms with E-state index in [-0.39, 0.29) is 0 Å². The summed E-state index contributed by atoms with van der Waals surface area (Å²) < 4.78 is 1.53. The third-order valence-corrected chi connectivity index (χ3v) is 3.27. The molecule has 0 atom stereocenters. The van der Waals surface area contributed by atoms with Gasteiger partial charge < -0.3 is 0 Å². The Bertz CT molecular complexity index is 372. The van der Waals surface area contributed by atoms with Crippen LogP contribution in [0.5, 0.6) is 0 Å². The lowest BCUT2D eigenvalue weighted by Gasteiger charge is -1.85. The quantitative estimate of drug-likeness (QED) is 0.864. The van der Waals surface area contributed by atoms with Crippen LogP contribution in [0.1, 0.15) is 5.82 Å². The molecule has 0 saturated carbocycles. The van der Waals surface area contributed by atoms with Crippen molar-refractivity contribution in [2.75, 3.05) is 0 Å². The van der Waals surface area contributed by atoms with Crippen LogP contribution in [0, 0.1) is 6.92 Å². The molecule has 2 aromatic heterocycles. The van der Waals surface area contributed by atoms with Crippen molar-refractivity contribution in [3.05, 3.63) is 16.4 Å². The average Bonchev–Trinajstić information content (AvgIpc) is 2.62. The Morgan fingerprint density at radius 1 is 1.62 bits per heavy atom. The summed E-state index contributed by atoms with van der Waals surface area (Å²) in [5.74, 6) is 0.796. The molecule has 2 rings (SSSR count). The van der Waals surface area contributed by atoms with Gasteiger partial charge in [0.25, 0.3) is 0 Å². The number of aromatic nitrogens is 4. The van der Waals surface area contributed by atoms with E-state index in [1.165, 1.54) is 23.1 Å². The monoisotopic (exact) mass is 232 g/mol. The molecular formula is C6H5ClN4S2. The van der Waals surface area contributed by atoms with Crippen LogP contribution >= 0.6 is 34.7 Å². The van der Waals surface area contributed by atoms with Crippen LogP contribution in [-0.2, 0) is 0 Å². The highest BCUT2D eigenvalue weighted by Gasteiger charge is 2.06. The maximum Gasteiger partial charge on any atom is 0.215 e. The molecular weight excluding hydrogens is 228 g/mol. The van der Waals surface area contributed by atoms with E-state index in [2.05, 4.69) is 20.2 Å². The molecule has 2 heterocycles. The largest absolute Gasteiger partial charge is 0.262 e. The number of nitrogens with one attached hydrogen (secondary N) is 1. The fraction of sp³-hybridized carbons (Fsp3) is 0.167. The minimum absolute atomic E-state index is 0.670. The first kappa shape index (κ1) is 8.98. The summed E-state index contributed by atoms with van der Waals surface area (Å²) in [5.41, 5.74) is 0. The lowest BCUT2D eigenvalue weighted by molar-refractivity contribution is 0.968. The Hall–Kier alpha value is -0.590. The van der Waals surface area contributed by atoms with Crippen LogP contribution in [-0.4, -0.2) is 20.2 Å². The summed E-state index contributed by atoms with van der Waals surface area (Å²) >= 11 is 8.54. The highest BCUT2D eigenvalue weighted by atomic mass is 35.5. The molecule has 0 aromatic carbocycles. The maximum absolute atomic E-state index is 5.73. The second kappa shape index (κ2) is 3.65. The van der Waals surface area contributed by atoms with E-state index in [9.17, 15) is 0 Å². The van der Waals surface area contributed by atoms with Gasteiger partial charge in [-0.3, -0.25) is 5.10 Å². The standard InChI is InChI=1S/C6H5ClN4S2/c1-3-9-5(11-10-3)13-6-8-2-4(7)12-6/h2H,1H3,(H,9,10,11). The predicted octanol–water partition coefficient (Wildman–Crippen LogP) is 2.37. The molecule has 2 aromatic rings. The lowest BCUT2D eigenvalue weighted by atomic mass is 10.8. The van der Waals surface area contributed by atoms with Crippen LogP contribution < -0.4 is 0 Å². The van der Waals surface area contributed by atoms with Gasteiger partial charge in [-0.25, -0.2) is 9.97 Å². The van der Waals surface area contributed by atoms with Gasteiger partial charge in [0.15, 0.2) is 4.34 Å². The van der Waals surface area contributed by atoms with E-state index in [0.717, 1.165) is 10.2 Å². The summed E-state index contributed by atoms with van der Waals surface area (Å²) in [7, 11) is 0. The number of hydrogen-bond donors (Lipinski definition) is 1. The van der Waals surface area contributed by atoms with E-state index in [1.807, 2.05) is 6.92 Å². The number of hydrogen-bond acceptors (Lipinski definition) is 5. The van der Waals surface area contributed by atoms with Crippen molar-refractivity contribution in [3.8, 4) is 0 Å². The molecule has 0 aliphatic heterocycles. The number of halogens is 1. The van der Waals surface area contributed by atoms with Crippen LogP contribution in [0.15, 0.2) is 15.7 Å². The van der Waals surface area contributed by atoms with Crippen molar-refractivity contribution >= 4 is 34.7 Å². The fourth-order valence-corrected chi connectivity index (χ4v) is 2.71. The first-order chi connectivity index (χ1) is 6.24. The van der Waals surface area contributed by atoms with Crippen LogP contribution in [0.25, 0.3) is 0 Å². The molecule has 0 saturated heterocycles. The van der Waals surface area contributed by atoms with Gasteiger partial charge in [0, 0.05) is 0 Å². The summed E-state index contributed by atoms with van der Waals surface area (Å²) in [6.45, 7) is 1.85. The van der Waals surface area contributed by atoms with Gasteiger partial charge in [-0.15, -0.1) is 5.10 Å². The van der Waals surface area contributed by atoms with Crippen molar-refractivity contribution < 1.29 is 0 Å². The zero-order valence-corrected chi connectivity index (χ0v) is 9.00. The third-order valence-electron chi connectivity index (χ3n) is 1.21. The van der Waals surface area contributed by atoms with E-state index in [0.29, 0.717) is 9.49 Å². The molecule has 0 spiro atoms. The molecule has 0 radical (unpaired) electrons. The Kier molecular flexibility index (Phi) is 2.52. The summed E-state index contributed by atoms with van der Waals surface area (Å²) in [6, 6.07) is 0. The minimum atomic E-state index is 0.670. The zero-order valence-electron chi connectivity index (χ0n) is 6.61. The lowest BCUT2D eigenvalue weighted by Crippen LogP contribution is -1.73. The van der Waals surface area contributed by atoms with Crippen LogP contribution in [0.2, 0.25) is 4.34 Å². The third kappa shape index (κ3) is 2.20. The van der Waals surface area contributed by atoms with Gasteiger partial charge in [0.2, 0.25) is 5.16 Å². The molecule has 68 valence electrons. The number of aromatic amines is 1. The van der Waals surface area contributed by atoms with E-state index in [4.69, 9.17) is 11.6 Å². The minimum Gasteiger partial charge on any atom is -0.262 e. The Morgan fingerprint density at radius 2 is 2.46 bits per heavy atom. The highest BCUT2D eigenvalue weighted by Crippen LogP contribution is 2.30. The Labute approximate surface area is 87.8 Å². The average molecular weight is 233 g/mol. The normalized spacial score (nSPS) is 10.6. The predicted molar refractivity (Wildman–Crippen MR) is 52.4 cm³/mol. The number of nitrogens with zero attached hydrogens (tertiary/aromatic N) is 3. The number of aryl methyl sites for hydroxylation is 1. The number of H-pyrrole nitrogens is 1. The second-order valence-electron chi connectivity index (χ2n) is 2.24. The van der Waals surface area contributed by atoms with Crippen molar-refractivity contribution in [1.82, 2.24) is 20.2 Å². The molecule has 7 heteroatoms. The van der Waals surface area contributed by atoms with Gasteiger partial charge in [-0.05, 0) is 18.7 Å². The van der Waals surface area contributed by atoms with Gasteiger partial charge in [0.1, 0.15) is 10.2 Å². The summed E-state index contributed by atoms with van der Waals surface area (Å²) in [4.78, 5) is 8.21. The molecule has 0 aliphatic carbocycles. The van der Waals surface area contributed by atoms with E-state index >= 15 is 0 Å². The topological polar surface area (TPSA) is 54.5 Å². The van der Waals surface area contributed by atoms with Crippen LogP contribution in [0.4, 0.5) is 0 Å².